The van der Waals surface area contributed by atoms with Gasteiger partial charge in [0.25, 0.3) is 0 Å². The third-order valence-corrected chi connectivity index (χ3v) is 2.64. The predicted molar refractivity (Wildman–Crippen MR) is 64.2 cm³/mol. The molecule has 0 spiro atoms. The summed E-state index contributed by atoms with van der Waals surface area (Å²) in [5.74, 6) is 1.62. The van der Waals surface area contributed by atoms with Crippen molar-refractivity contribution in [1.82, 2.24) is 4.98 Å². The van der Waals surface area contributed by atoms with Crippen LogP contribution in [0.1, 0.15) is 11.5 Å². The van der Waals surface area contributed by atoms with Crippen LogP contribution in [-0.2, 0) is 6.42 Å². The highest BCUT2D eigenvalue weighted by molar-refractivity contribution is 9.09. The van der Waals surface area contributed by atoms with Crippen molar-refractivity contribution in [3.8, 4) is 11.5 Å². The molecule has 0 N–H and O–H groups in total. The van der Waals surface area contributed by atoms with Gasteiger partial charge in [-0.3, -0.25) is 0 Å². The molecule has 0 atom stereocenters. The zero-order valence-corrected chi connectivity index (χ0v) is 10.1. The smallest absolute Gasteiger partial charge is 0.226 e. The molecule has 1 heterocycles. The highest BCUT2D eigenvalue weighted by atomic mass is 79.9. The van der Waals surface area contributed by atoms with Crippen molar-refractivity contribution in [2.45, 2.75) is 13.3 Å². The lowest BCUT2D eigenvalue weighted by atomic mass is 10.2. The number of aryl methyl sites for hydroxylation is 2. The van der Waals surface area contributed by atoms with Crippen molar-refractivity contribution in [2.75, 3.05) is 5.33 Å². The van der Waals surface area contributed by atoms with Crippen molar-refractivity contribution < 1.29 is 4.42 Å². The Bertz CT molecular complexity index is 436. The number of hydrogen-bond acceptors (Lipinski definition) is 2. The van der Waals surface area contributed by atoms with Gasteiger partial charge < -0.3 is 4.42 Å². The standard InChI is InChI=1S/C12H12BrNO/c1-9-11(7-8-13)14-12(15-9)10-5-3-2-4-6-10/h2-6H,7-8H2,1H3. The second kappa shape index (κ2) is 4.62. The molecule has 2 nitrogen and oxygen atoms in total. The zero-order chi connectivity index (χ0) is 10.7. The van der Waals surface area contributed by atoms with Crippen LogP contribution >= 0.6 is 15.9 Å². The van der Waals surface area contributed by atoms with E-state index in [0.717, 1.165) is 28.8 Å². The zero-order valence-electron chi connectivity index (χ0n) is 8.53. The number of alkyl halides is 1. The first-order valence-corrected chi connectivity index (χ1v) is 6.01. The molecule has 0 amide bonds. The van der Waals surface area contributed by atoms with E-state index in [-0.39, 0.29) is 0 Å². The Kier molecular flexibility index (Phi) is 3.21. The predicted octanol–water partition coefficient (Wildman–Crippen LogP) is 3.59. The molecular weight excluding hydrogens is 254 g/mol. The Hall–Kier alpha value is -1.09. The fourth-order valence-corrected chi connectivity index (χ4v) is 1.83. The van der Waals surface area contributed by atoms with Gasteiger partial charge in [-0.1, -0.05) is 34.1 Å². The number of benzene rings is 1. The Morgan fingerprint density at radius 2 is 2.00 bits per heavy atom. The first-order valence-electron chi connectivity index (χ1n) is 4.89. The van der Waals surface area contributed by atoms with Gasteiger partial charge >= 0.3 is 0 Å². The Morgan fingerprint density at radius 3 is 2.67 bits per heavy atom. The number of aromatic nitrogens is 1. The maximum absolute atomic E-state index is 5.62. The van der Waals surface area contributed by atoms with Gasteiger partial charge in [-0.05, 0) is 19.1 Å². The molecule has 0 aliphatic heterocycles. The Balaban J connectivity index is 2.34. The fourth-order valence-electron chi connectivity index (χ4n) is 1.45. The Morgan fingerprint density at radius 1 is 1.27 bits per heavy atom. The molecule has 0 saturated carbocycles. The van der Waals surface area contributed by atoms with Crippen LogP contribution in [-0.4, -0.2) is 10.3 Å². The SMILES string of the molecule is Cc1oc(-c2ccccc2)nc1CCBr. The summed E-state index contributed by atoms with van der Waals surface area (Å²) in [5.41, 5.74) is 2.06. The molecule has 1 aromatic heterocycles. The molecule has 0 aliphatic rings. The van der Waals surface area contributed by atoms with Gasteiger partial charge in [0, 0.05) is 17.3 Å². The van der Waals surface area contributed by atoms with Crippen molar-refractivity contribution in [1.29, 1.82) is 0 Å². The van der Waals surface area contributed by atoms with E-state index in [4.69, 9.17) is 4.42 Å². The number of hydrogen-bond donors (Lipinski definition) is 0. The van der Waals surface area contributed by atoms with Gasteiger partial charge in [-0.15, -0.1) is 0 Å². The minimum atomic E-state index is 0.712. The highest BCUT2D eigenvalue weighted by Crippen LogP contribution is 2.21. The normalized spacial score (nSPS) is 10.5. The molecule has 0 bridgehead atoms. The van der Waals surface area contributed by atoms with E-state index in [2.05, 4.69) is 20.9 Å². The molecule has 2 rings (SSSR count). The van der Waals surface area contributed by atoms with E-state index in [1.54, 1.807) is 0 Å². The third kappa shape index (κ3) is 2.29. The van der Waals surface area contributed by atoms with E-state index in [0.29, 0.717) is 5.89 Å². The van der Waals surface area contributed by atoms with Crippen LogP contribution in [0.3, 0.4) is 0 Å². The van der Waals surface area contributed by atoms with E-state index in [9.17, 15) is 0 Å². The summed E-state index contributed by atoms with van der Waals surface area (Å²) in [7, 11) is 0. The highest BCUT2D eigenvalue weighted by Gasteiger charge is 2.09. The van der Waals surface area contributed by atoms with Gasteiger partial charge in [-0.25, -0.2) is 4.98 Å². The molecule has 0 unspecified atom stereocenters. The Labute approximate surface area is 97.5 Å². The third-order valence-electron chi connectivity index (χ3n) is 2.24. The van der Waals surface area contributed by atoms with Gasteiger partial charge in [0.1, 0.15) is 5.76 Å². The van der Waals surface area contributed by atoms with E-state index >= 15 is 0 Å². The van der Waals surface area contributed by atoms with Crippen LogP contribution < -0.4 is 0 Å². The first kappa shape index (κ1) is 10.4. The fraction of sp³-hybridized carbons (Fsp3) is 0.250. The largest absolute Gasteiger partial charge is 0.441 e. The van der Waals surface area contributed by atoms with Gasteiger partial charge in [-0.2, -0.15) is 0 Å². The quantitative estimate of drug-likeness (QED) is 0.793. The van der Waals surface area contributed by atoms with E-state index in [1.165, 1.54) is 0 Å². The molecule has 0 fully saturated rings. The molecule has 78 valence electrons. The second-order valence-corrected chi connectivity index (χ2v) is 4.12. The monoisotopic (exact) mass is 265 g/mol. The lowest BCUT2D eigenvalue weighted by Crippen LogP contribution is -1.88. The minimum absolute atomic E-state index is 0.712. The molecule has 15 heavy (non-hydrogen) atoms. The van der Waals surface area contributed by atoms with Gasteiger partial charge in [0.05, 0.1) is 5.69 Å². The van der Waals surface area contributed by atoms with E-state index in [1.807, 2.05) is 37.3 Å². The lowest BCUT2D eigenvalue weighted by Gasteiger charge is -1.92. The molecular formula is C12H12BrNO. The first-order chi connectivity index (χ1) is 7.31. The molecule has 3 heteroatoms. The van der Waals surface area contributed by atoms with Crippen LogP contribution in [0.4, 0.5) is 0 Å². The van der Waals surface area contributed by atoms with Crippen molar-refractivity contribution in [2.24, 2.45) is 0 Å². The number of rotatable bonds is 3. The molecule has 0 aliphatic carbocycles. The average molecular weight is 266 g/mol. The summed E-state index contributed by atoms with van der Waals surface area (Å²) >= 11 is 3.40. The molecule has 0 saturated heterocycles. The van der Waals surface area contributed by atoms with Crippen molar-refractivity contribution in [3.63, 3.8) is 0 Å². The number of nitrogens with zero attached hydrogens (tertiary/aromatic N) is 1. The molecule has 1 aromatic carbocycles. The maximum atomic E-state index is 5.62. The molecule has 2 aromatic rings. The number of oxazole rings is 1. The summed E-state index contributed by atoms with van der Waals surface area (Å²) in [6.07, 6.45) is 0.905. The maximum Gasteiger partial charge on any atom is 0.226 e. The second-order valence-electron chi connectivity index (χ2n) is 3.33. The number of halogens is 1. The summed E-state index contributed by atoms with van der Waals surface area (Å²) in [6, 6.07) is 9.96. The van der Waals surface area contributed by atoms with Crippen LogP contribution in [0, 0.1) is 6.92 Å². The van der Waals surface area contributed by atoms with Crippen molar-refractivity contribution >= 4 is 15.9 Å². The summed E-state index contributed by atoms with van der Waals surface area (Å²) in [4.78, 5) is 4.47. The molecule has 0 radical (unpaired) electrons. The van der Waals surface area contributed by atoms with Crippen molar-refractivity contribution in [3.05, 3.63) is 41.8 Å². The van der Waals surface area contributed by atoms with Gasteiger partial charge in [0.2, 0.25) is 5.89 Å². The average Bonchev–Trinajstić information content (AvgIpc) is 2.63. The lowest BCUT2D eigenvalue weighted by molar-refractivity contribution is 0.540. The minimum Gasteiger partial charge on any atom is -0.441 e. The van der Waals surface area contributed by atoms with Gasteiger partial charge in [0.15, 0.2) is 0 Å². The summed E-state index contributed by atoms with van der Waals surface area (Å²) < 4.78 is 5.62. The summed E-state index contributed by atoms with van der Waals surface area (Å²) in [6.45, 7) is 1.96. The topological polar surface area (TPSA) is 26.0 Å². The van der Waals surface area contributed by atoms with Crippen LogP contribution in [0.2, 0.25) is 0 Å². The van der Waals surface area contributed by atoms with Crippen LogP contribution in [0.5, 0.6) is 0 Å². The van der Waals surface area contributed by atoms with Crippen LogP contribution in [0.15, 0.2) is 34.7 Å². The van der Waals surface area contributed by atoms with Crippen LogP contribution in [0.25, 0.3) is 11.5 Å². The summed E-state index contributed by atoms with van der Waals surface area (Å²) in [5, 5.41) is 0.911. The van der Waals surface area contributed by atoms with E-state index < -0.39 is 0 Å².